The van der Waals surface area contributed by atoms with Crippen molar-refractivity contribution >= 4 is 16.1 Å². The number of methoxy groups -OCH3 is 1. The van der Waals surface area contributed by atoms with Crippen LogP contribution in [0.1, 0.15) is 32.1 Å². The second-order valence-corrected chi connectivity index (χ2v) is 8.65. The van der Waals surface area contributed by atoms with E-state index in [1.807, 2.05) is 0 Å². The van der Waals surface area contributed by atoms with Gasteiger partial charge in [0.25, 0.3) is 0 Å². The fourth-order valence-corrected chi connectivity index (χ4v) is 5.12. The van der Waals surface area contributed by atoms with Gasteiger partial charge in [-0.1, -0.05) is 0 Å². The highest BCUT2D eigenvalue weighted by Crippen LogP contribution is 2.59. The molecule has 23 heavy (non-hydrogen) atoms. The molecule has 0 amide bonds. The number of alkyl halides is 2. The SMILES string of the molecule is COC12CC3CC(C1)C(C(=O)OCC(F)(F)S(=O)(=O)O)C(C3)C2. The van der Waals surface area contributed by atoms with Gasteiger partial charge in [-0.05, 0) is 49.9 Å². The molecule has 0 aromatic rings. The van der Waals surface area contributed by atoms with E-state index in [0.717, 1.165) is 19.3 Å². The molecule has 0 radical (unpaired) electrons. The Balaban J connectivity index is 1.68. The van der Waals surface area contributed by atoms with Crippen molar-refractivity contribution in [3.8, 4) is 0 Å². The number of carbonyl (C=O) groups is 1. The van der Waals surface area contributed by atoms with Crippen LogP contribution in [0.3, 0.4) is 0 Å². The van der Waals surface area contributed by atoms with Crippen LogP contribution in [0, 0.1) is 23.7 Å². The molecule has 4 aliphatic carbocycles. The predicted molar refractivity (Wildman–Crippen MR) is 74.2 cm³/mol. The Hall–Kier alpha value is -0.800. The highest BCUT2D eigenvalue weighted by atomic mass is 32.2. The number of ether oxygens (including phenoxy) is 2. The second kappa shape index (κ2) is 5.35. The topological polar surface area (TPSA) is 89.9 Å². The van der Waals surface area contributed by atoms with Crippen LogP contribution >= 0.6 is 0 Å². The van der Waals surface area contributed by atoms with Crippen molar-refractivity contribution in [1.82, 2.24) is 0 Å². The molecule has 4 rings (SSSR count). The van der Waals surface area contributed by atoms with Gasteiger partial charge in [0.15, 0.2) is 6.61 Å². The van der Waals surface area contributed by atoms with Gasteiger partial charge in [-0.2, -0.15) is 17.2 Å². The summed E-state index contributed by atoms with van der Waals surface area (Å²) >= 11 is 0. The third kappa shape index (κ3) is 2.87. The van der Waals surface area contributed by atoms with Gasteiger partial charge in [-0.25, -0.2) is 0 Å². The number of halogens is 2. The summed E-state index contributed by atoms with van der Waals surface area (Å²) in [6, 6.07) is 0. The molecule has 0 aromatic carbocycles. The van der Waals surface area contributed by atoms with E-state index in [4.69, 9.17) is 9.29 Å². The Morgan fingerprint density at radius 2 is 1.83 bits per heavy atom. The lowest BCUT2D eigenvalue weighted by atomic mass is 9.50. The number of rotatable bonds is 5. The standard InChI is InChI=1S/C14H20F2O6S/c1-21-13-4-8-2-9(5-13)11(10(3-8)6-13)12(17)22-7-14(15,16)23(18,19)20/h8-11H,2-7H2,1H3,(H,18,19,20). The molecular weight excluding hydrogens is 334 g/mol. The normalized spacial score (nSPS) is 39.5. The summed E-state index contributed by atoms with van der Waals surface area (Å²) in [6.07, 6.45) is 4.06. The van der Waals surface area contributed by atoms with Crippen LogP contribution < -0.4 is 0 Å². The average molecular weight is 354 g/mol. The van der Waals surface area contributed by atoms with Crippen LogP contribution in [-0.4, -0.2) is 43.5 Å². The number of carbonyl (C=O) groups excluding carboxylic acids is 1. The molecule has 9 heteroatoms. The van der Waals surface area contributed by atoms with Crippen molar-refractivity contribution in [2.45, 2.75) is 43.0 Å². The van der Waals surface area contributed by atoms with Gasteiger partial charge in [0.05, 0.1) is 11.5 Å². The first-order chi connectivity index (χ1) is 10.6. The maximum Gasteiger partial charge on any atom is 0.402 e. The van der Waals surface area contributed by atoms with Crippen LogP contribution in [0.4, 0.5) is 8.78 Å². The maximum atomic E-state index is 13.2. The van der Waals surface area contributed by atoms with Crippen LogP contribution in [0.5, 0.6) is 0 Å². The number of hydrogen-bond donors (Lipinski definition) is 1. The van der Waals surface area contributed by atoms with Crippen molar-refractivity contribution in [2.24, 2.45) is 23.7 Å². The number of hydrogen-bond acceptors (Lipinski definition) is 5. The van der Waals surface area contributed by atoms with Crippen molar-refractivity contribution in [3.63, 3.8) is 0 Å². The monoisotopic (exact) mass is 354 g/mol. The largest absolute Gasteiger partial charge is 0.458 e. The zero-order chi connectivity index (χ0) is 17.0. The summed E-state index contributed by atoms with van der Waals surface area (Å²) in [5.41, 5.74) is -0.217. The minimum absolute atomic E-state index is 0.0213. The molecule has 2 atom stereocenters. The summed E-state index contributed by atoms with van der Waals surface area (Å²) in [4.78, 5) is 12.2. The zero-order valence-electron chi connectivity index (χ0n) is 12.7. The molecule has 4 bridgehead atoms. The molecule has 0 aromatic heterocycles. The van der Waals surface area contributed by atoms with E-state index in [0.29, 0.717) is 18.8 Å². The Morgan fingerprint density at radius 1 is 1.26 bits per heavy atom. The zero-order valence-corrected chi connectivity index (χ0v) is 13.5. The average Bonchev–Trinajstić information content (AvgIpc) is 2.43. The van der Waals surface area contributed by atoms with E-state index in [1.165, 1.54) is 0 Å². The van der Waals surface area contributed by atoms with E-state index >= 15 is 0 Å². The highest BCUT2D eigenvalue weighted by Gasteiger charge is 2.58. The molecule has 0 spiro atoms. The molecular formula is C14H20F2O6S. The first kappa shape index (κ1) is 17.0. The van der Waals surface area contributed by atoms with Gasteiger partial charge >= 0.3 is 21.3 Å². The molecule has 0 heterocycles. The van der Waals surface area contributed by atoms with E-state index in [1.54, 1.807) is 7.11 Å². The van der Waals surface area contributed by atoms with Crippen molar-refractivity contribution in [2.75, 3.05) is 13.7 Å². The lowest BCUT2D eigenvalue weighted by molar-refractivity contribution is -0.192. The molecule has 4 saturated carbocycles. The Labute approximate surface area is 133 Å². The first-order valence-corrected chi connectivity index (χ1v) is 9.07. The summed E-state index contributed by atoms with van der Waals surface area (Å²) in [5, 5.41) is -4.48. The van der Waals surface area contributed by atoms with Gasteiger partial charge in [0.2, 0.25) is 0 Å². The van der Waals surface area contributed by atoms with Gasteiger partial charge in [0, 0.05) is 7.11 Å². The van der Waals surface area contributed by atoms with E-state index in [2.05, 4.69) is 4.74 Å². The first-order valence-electron chi connectivity index (χ1n) is 7.63. The lowest BCUT2D eigenvalue weighted by Crippen LogP contribution is -2.57. The highest BCUT2D eigenvalue weighted by molar-refractivity contribution is 7.86. The maximum absolute atomic E-state index is 13.2. The Bertz CT molecular complexity index is 588. The van der Waals surface area contributed by atoms with Gasteiger partial charge in [-0.15, -0.1) is 0 Å². The van der Waals surface area contributed by atoms with Gasteiger partial charge < -0.3 is 9.47 Å². The lowest BCUT2D eigenvalue weighted by Gasteiger charge is -2.58. The summed E-state index contributed by atoms with van der Waals surface area (Å²) in [7, 11) is -3.93. The molecule has 4 fully saturated rings. The summed E-state index contributed by atoms with van der Waals surface area (Å²) < 4.78 is 66.2. The van der Waals surface area contributed by atoms with Crippen molar-refractivity contribution in [1.29, 1.82) is 0 Å². The van der Waals surface area contributed by atoms with Crippen LogP contribution in [0.2, 0.25) is 0 Å². The Kier molecular flexibility index (Phi) is 3.97. The van der Waals surface area contributed by atoms with Gasteiger partial charge in [0.1, 0.15) is 0 Å². The van der Waals surface area contributed by atoms with E-state index in [-0.39, 0.29) is 17.4 Å². The van der Waals surface area contributed by atoms with Crippen molar-refractivity contribution < 1.29 is 36.0 Å². The quantitative estimate of drug-likeness (QED) is 0.599. The molecule has 6 nitrogen and oxygen atoms in total. The molecule has 2 unspecified atom stereocenters. The molecule has 4 aliphatic rings. The minimum atomic E-state index is -5.59. The molecule has 0 saturated heterocycles. The van der Waals surface area contributed by atoms with E-state index < -0.39 is 33.9 Å². The number of esters is 1. The predicted octanol–water partition coefficient (Wildman–Crippen LogP) is 1.85. The summed E-state index contributed by atoms with van der Waals surface area (Å²) in [6.45, 7) is -1.65. The second-order valence-electron chi connectivity index (χ2n) is 7.10. The summed E-state index contributed by atoms with van der Waals surface area (Å²) in [5.74, 6) is -0.766. The van der Waals surface area contributed by atoms with Crippen LogP contribution in [0.25, 0.3) is 0 Å². The minimum Gasteiger partial charge on any atom is -0.458 e. The third-order valence-corrected chi connectivity index (χ3v) is 6.55. The van der Waals surface area contributed by atoms with Gasteiger partial charge in [-0.3, -0.25) is 9.35 Å². The molecule has 132 valence electrons. The Morgan fingerprint density at radius 3 is 2.30 bits per heavy atom. The fraction of sp³-hybridized carbons (Fsp3) is 0.929. The third-order valence-electron chi connectivity index (χ3n) is 5.68. The fourth-order valence-electron chi connectivity index (χ4n) is 4.91. The van der Waals surface area contributed by atoms with Crippen LogP contribution in [0.15, 0.2) is 0 Å². The molecule has 1 N–H and O–H groups in total. The van der Waals surface area contributed by atoms with Crippen molar-refractivity contribution in [3.05, 3.63) is 0 Å². The molecule has 0 aliphatic heterocycles. The van der Waals surface area contributed by atoms with E-state index in [9.17, 15) is 22.0 Å². The van der Waals surface area contributed by atoms with Crippen LogP contribution in [-0.2, 0) is 24.4 Å². The smallest absolute Gasteiger partial charge is 0.402 e.